The predicted molar refractivity (Wildman–Crippen MR) is 143 cm³/mol. The molecule has 0 amide bonds. The zero-order valence-electron chi connectivity index (χ0n) is 20.5. The van der Waals surface area contributed by atoms with Gasteiger partial charge in [-0.25, -0.2) is 8.42 Å². The molecule has 0 aliphatic carbocycles. The zero-order chi connectivity index (χ0) is 25.2. The van der Waals surface area contributed by atoms with Gasteiger partial charge in [-0.1, -0.05) is 84.6 Å². The van der Waals surface area contributed by atoms with E-state index in [0.29, 0.717) is 18.0 Å². The Labute approximate surface area is 214 Å². The van der Waals surface area contributed by atoms with Crippen LogP contribution in [0, 0.1) is 11.8 Å². The fraction of sp³-hybridized carbons (Fsp3) is 0.310. The molecule has 1 aliphatic rings. The van der Waals surface area contributed by atoms with Gasteiger partial charge in [0.15, 0.2) is 0 Å². The lowest BCUT2D eigenvalue weighted by Gasteiger charge is -2.33. The maximum Gasteiger partial charge on any atom is 0.229 e. The molecule has 3 aromatic rings. The van der Waals surface area contributed by atoms with E-state index in [1.807, 2.05) is 12.1 Å². The summed E-state index contributed by atoms with van der Waals surface area (Å²) < 4.78 is 37.8. The van der Waals surface area contributed by atoms with Crippen molar-refractivity contribution in [3.63, 3.8) is 0 Å². The molecule has 0 saturated carbocycles. The largest absolute Gasteiger partial charge is 0.479 e. The third-order valence-corrected chi connectivity index (χ3v) is 6.57. The van der Waals surface area contributed by atoms with Gasteiger partial charge in [0.25, 0.3) is 0 Å². The second-order valence-electron chi connectivity index (χ2n) is 8.83. The van der Waals surface area contributed by atoms with Gasteiger partial charge >= 0.3 is 0 Å². The third-order valence-electron chi connectivity index (χ3n) is 5.98. The second kappa shape index (κ2) is 12.6. The van der Waals surface area contributed by atoms with Crippen LogP contribution in [0.2, 0.25) is 0 Å². The smallest absolute Gasteiger partial charge is 0.229 e. The average molecular weight is 505 g/mol. The molecule has 6 nitrogen and oxygen atoms in total. The summed E-state index contributed by atoms with van der Waals surface area (Å²) in [6, 6.07) is 27.7. The lowest BCUT2D eigenvalue weighted by atomic mass is 10.00. The van der Waals surface area contributed by atoms with E-state index in [1.165, 1.54) is 11.1 Å². The molecule has 36 heavy (non-hydrogen) atoms. The number of benzene rings is 3. The number of hydrogen-bond donors (Lipinski definition) is 1. The van der Waals surface area contributed by atoms with E-state index >= 15 is 0 Å². The van der Waals surface area contributed by atoms with Gasteiger partial charge in [-0.3, -0.25) is 9.62 Å². The molecule has 3 aromatic carbocycles. The second-order valence-corrected chi connectivity index (χ2v) is 10.6. The first kappa shape index (κ1) is 25.8. The Morgan fingerprint density at radius 3 is 2.08 bits per heavy atom. The molecule has 0 unspecified atom stereocenters. The first-order valence-corrected chi connectivity index (χ1v) is 14.0. The molecule has 0 radical (unpaired) electrons. The van der Waals surface area contributed by atoms with Crippen molar-refractivity contribution >= 4 is 15.7 Å². The van der Waals surface area contributed by atoms with E-state index in [9.17, 15) is 8.42 Å². The zero-order valence-corrected chi connectivity index (χ0v) is 21.3. The van der Waals surface area contributed by atoms with Crippen molar-refractivity contribution < 1.29 is 17.9 Å². The summed E-state index contributed by atoms with van der Waals surface area (Å²) in [5.74, 6) is 6.67. The Bertz CT molecular complexity index is 1220. The van der Waals surface area contributed by atoms with Crippen LogP contribution >= 0.6 is 0 Å². The van der Waals surface area contributed by atoms with Crippen molar-refractivity contribution in [2.24, 2.45) is 0 Å². The van der Waals surface area contributed by atoms with E-state index in [-0.39, 0.29) is 18.8 Å². The Balaban J connectivity index is 1.25. The minimum Gasteiger partial charge on any atom is -0.479 e. The van der Waals surface area contributed by atoms with E-state index in [4.69, 9.17) is 9.47 Å². The van der Waals surface area contributed by atoms with Gasteiger partial charge in [0, 0.05) is 13.1 Å². The lowest BCUT2D eigenvalue weighted by molar-refractivity contribution is -0.0251. The Kier molecular flexibility index (Phi) is 9.01. The number of piperidine rings is 1. The summed E-state index contributed by atoms with van der Waals surface area (Å²) in [5, 5.41) is 0. The van der Waals surface area contributed by atoms with Crippen LogP contribution in [0.4, 0.5) is 5.69 Å². The topological polar surface area (TPSA) is 67.9 Å². The number of likely N-dealkylation sites (tertiary alicyclic amines) is 1. The highest BCUT2D eigenvalue weighted by Gasteiger charge is 2.24. The Morgan fingerprint density at radius 1 is 0.889 bits per heavy atom. The molecular formula is C29H32N2O4S. The fourth-order valence-corrected chi connectivity index (χ4v) is 4.78. The van der Waals surface area contributed by atoms with Crippen LogP contribution < -0.4 is 9.46 Å². The van der Waals surface area contributed by atoms with Crippen molar-refractivity contribution in [1.29, 1.82) is 0 Å². The number of ether oxygens (including phenoxy) is 2. The highest BCUT2D eigenvalue weighted by molar-refractivity contribution is 7.92. The van der Waals surface area contributed by atoms with E-state index in [2.05, 4.69) is 70.0 Å². The lowest BCUT2D eigenvalue weighted by Crippen LogP contribution is -2.37. The number of para-hydroxylation sites is 2. The maximum atomic E-state index is 11.5. The summed E-state index contributed by atoms with van der Waals surface area (Å²) in [6.07, 6.45) is 3.15. The number of nitrogens with one attached hydrogen (secondary N) is 1. The van der Waals surface area contributed by atoms with Crippen molar-refractivity contribution in [3.8, 4) is 17.6 Å². The molecule has 4 rings (SSSR count). The summed E-state index contributed by atoms with van der Waals surface area (Å²) in [4.78, 5) is 2.33. The van der Waals surface area contributed by atoms with Crippen LogP contribution in [0.15, 0.2) is 84.9 Å². The standard InChI is InChI=1S/C29H32N2O4S/c1-36(32,33)30-27-16-8-9-17-28(27)34-23-11-10-20-31-21-18-26(19-22-31)35-29(24-12-4-2-5-13-24)25-14-6-3-7-15-25/h2-9,12-17,26,29-30H,18-23H2,1H3. The minimum atomic E-state index is -3.38. The van der Waals surface area contributed by atoms with Gasteiger partial charge in [-0.15, -0.1) is 0 Å². The van der Waals surface area contributed by atoms with Crippen molar-refractivity contribution in [2.75, 3.05) is 37.2 Å². The molecule has 1 saturated heterocycles. The molecule has 1 fully saturated rings. The number of sulfonamides is 1. The van der Waals surface area contributed by atoms with Gasteiger partial charge in [0.05, 0.1) is 24.6 Å². The summed E-state index contributed by atoms with van der Waals surface area (Å²) >= 11 is 0. The molecule has 188 valence electrons. The monoisotopic (exact) mass is 504 g/mol. The van der Waals surface area contributed by atoms with Crippen molar-refractivity contribution in [2.45, 2.75) is 25.0 Å². The molecular weight excluding hydrogens is 472 g/mol. The minimum absolute atomic E-state index is 0.0686. The van der Waals surface area contributed by atoms with Crippen LogP contribution in [-0.2, 0) is 14.8 Å². The van der Waals surface area contributed by atoms with Crippen LogP contribution in [-0.4, -0.2) is 51.9 Å². The first-order valence-electron chi connectivity index (χ1n) is 12.1. The fourth-order valence-electron chi connectivity index (χ4n) is 4.21. The van der Waals surface area contributed by atoms with E-state index in [1.54, 1.807) is 24.3 Å². The van der Waals surface area contributed by atoms with Crippen LogP contribution in [0.25, 0.3) is 0 Å². The van der Waals surface area contributed by atoms with Crippen LogP contribution in [0.5, 0.6) is 5.75 Å². The van der Waals surface area contributed by atoms with Gasteiger partial charge in [0.1, 0.15) is 18.5 Å². The third kappa shape index (κ3) is 7.85. The molecule has 1 heterocycles. The van der Waals surface area contributed by atoms with Crippen LogP contribution in [0.3, 0.4) is 0 Å². The first-order chi connectivity index (χ1) is 17.5. The van der Waals surface area contributed by atoms with E-state index < -0.39 is 10.0 Å². The average Bonchev–Trinajstić information content (AvgIpc) is 2.89. The van der Waals surface area contributed by atoms with Crippen molar-refractivity contribution in [1.82, 2.24) is 4.90 Å². The van der Waals surface area contributed by atoms with Crippen molar-refractivity contribution in [3.05, 3.63) is 96.1 Å². The highest BCUT2D eigenvalue weighted by atomic mass is 32.2. The SMILES string of the molecule is CS(=O)(=O)Nc1ccccc1OCC#CCN1CCC(OC(c2ccccc2)c2ccccc2)CC1. The molecule has 0 bridgehead atoms. The number of anilines is 1. The summed E-state index contributed by atoms with van der Waals surface area (Å²) in [7, 11) is -3.38. The number of rotatable bonds is 9. The predicted octanol–water partition coefficient (Wildman–Crippen LogP) is 4.71. The molecule has 1 aliphatic heterocycles. The number of hydrogen-bond acceptors (Lipinski definition) is 5. The summed E-state index contributed by atoms with van der Waals surface area (Å²) in [5.41, 5.74) is 2.75. The Hall–Kier alpha value is -3.31. The molecule has 7 heteroatoms. The van der Waals surface area contributed by atoms with Gasteiger partial charge in [-0.05, 0) is 36.1 Å². The quantitative estimate of drug-likeness (QED) is 0.428. The van der Waals surface area contributed by atoms with Gasteiger partial charge in [0.2, 0.25) is 10.0 Å². The maximum absolute atomic E-state index is 11.5. The highest BCUT2D eigenvalue weighted by Crippen LogP contribution is 2.30. The Morgan fingerprint density at radius 2 is 1.47 bits per heavy atom. The molecule has 0 aromatic heterocycles. The normalized spacial score (nSPS) is 14.7. The number of nitrogens with zero attached hydrogens (tertiary/aromatic N) is 1. The molecule has 0 spiro atoms. The summed E-state index contributed by atoms with van der Waals surface area (Å²) in [6.45, 7) is 2.72. The molecule has 0 atom stereocenters. The van der Waals surface area contributed by atoms with Crippen LogP contribution in [0.1, 0.15) is 30.1 Å². The van der Waals surface area contributed by atoms with Gasteiger partial charge < -0.3 is 9.47 Å². The molecule has 1 N–H and O–H groups in total. The van der Waals surface area contributed by atoms with E-state index in [0.717, 1.165) is 32.2 Å². The van der Waals surface area contributed by atoms with Gasteiger partial charge in [-0.2, -0.15) is 0 Å².